The molecule has 0 aliphatic heterocycles. The summed E-state index contributed by atoms with van der Waals surface area (Å²) in [6.07, 6.45) is 4.29. The minimum Gasteiger partial charge on any atom is -0.465 e. The van der Waals surface area contributed by atoms with Gasteiger partial charge in [-0.15, -0.1) is 0 Å². The molecule has 1 aliphatic rings. The first kappa shape index (κ1) is 16.4. The van der Waals surface area contributed by atoms with E-state index >= 15 is 0 Å². The van der Waals surface area contributed by atoms with Crippen molar-refractivity contribution in [1.82, 2.24) is 5.32 Å². The van der Waals surface area contributed by atoms with Crippen LogP contribution in [-0.2, 0) is 14.3 Å². The molecule has 0 aromatic carbocycles. The molecule has 0 radical (unpaired) electrons. The zero-order chi connectivity index (χ0) is 14.3. The average molecular weight is 271 g/mol. The smallest absolute Gasteiger partial charge is 0.326 e. The number of hydrogen-bond acceptors (Lipinski definition) is 4. The first-order valence-corrected chi connectivity index (χ1v) is 7.55. The fourth-order valence-electron chi connectivity index (χ4n) is 2.14. The summed E-state index contributed by atoms with van der Waals surface area (Å²) in [6, 6.07) is 0. The van der Waals surface area contributed by atoms with Gasteiger partial charge in [-0.2, -0.15) is 0 Å². The van der Waals surface area contributed by atoms with E-state index in [0.29, 0.717) is 13.0 Å². The summed E-state index contributed by atoms with van der Waals surface area (Å²) in [6.45, 7) is 9.93. The maximum Gasteiger partial charge on any atom is 0.326 e. The van der Waals surface area contributed by atoms with Gasteiger partial charge in [0.15, 0.2) is 0 Å². The van der Waals surface area contributed by atoms with E-state index < -0.39 is 5.54 Å². The molecule has 0 amide bonds. The molecule has 1 fully saturated rings. The fourth-order valence-corrected chi connectivity index (χ4v) is 2.14. The summed E-state index contributed by atoms with van der Waals surface area (Å²) < 4.78 is 11.0. The highest BCUT2D eigenvalue weighted by Crippen LogP contribution is 2.29. The molecule has 1 N–H and O–H groups in total. The summed E-state index contributed by atoms with van der Waals surface area (Å²) in [7, 11) is 0. The molecule has 19 heavy (non-hydrogen) atoms. The van der Waals surface area contributed by atoms with Crippen LogP contribution in [0.1, 0.15) is 53.4 Å². The first-order valence-electron chi connectivity index (χ1n) is 7.55. The molecule has 0 spiro atoms. The topological polar surface area (TPSA) is 47.6 Å². The third-order valence-corrected chi connectivity index (χ3v) is 3.50. The normalized spacial score (nSPS) is 19.8. The van der Waals surface area contributed by atoms with Crippen LogP contribution in [0.2, 0.25) is 0 Å². The Morgan fingerprint density at radius 2 is 2.11 bits per heavy atom. The van der Waals surface area contributed by atoms with Crippen LogP contribution in [0.5, 0.6) is 0 Å². The zero-order valence-electron chi connectivity index (χ0n) is 12.8. The van der Waals surface area contributed by atoms with Gasteiger partial charge < -0.3 is 14.8 Å². The summed E-state index contributed by atoms with van der Waals surface area (Å²) in [4.78, 5) is 12.1. The molecular formula is C15H29NO3. The number of carbonyl (C=O) groups is 1. The molecule has 0 aromatic heterocycles. The number of nitrogens with one attached hydrogen (secondary N) is 1. The van der Waals surface area contributed by atoms with Crippen molar-refractivity contribution in [2.45, 2.75) is 65.0 Å². The number of carbonyl (C=O) groups excluding carboxylic acids is 1. The lowest BCUT2D eigenvalue weighted by Gasteiger charge is -2.31. The standard InChI is InChI=1S/C15H29NO3/c1-5-9-16-15(4,14(17)18-6-2)10-12(3)19-11-13-7-8-13/h12-13,16H,5-11H2,1-4H3. The van der Waals surface area contributed by atoms with Crippen LogP contribution < -0.4 is 5.32 Å². The monoisotopic (exact) mass is 271 g/mol. The second-order valence-corrected chi connectivity index (χ2v) is 5.77. The number of rotatable bonds is 10. The predicted octanol–water partition coefficient (Wildman–Crippen LogP) is 2.51. The molecule has 1 saturated carbocycles. The third-order valence-electron chi connectivity index (χ3n) is 3.50. The predicted molar refractivity (Wildman–Crippen MR) is 76.1 cm³/mol. The number of hydrogen-bond donors (Lipinski definition) is 1. The van der Waals surface area contributed by atoms with Crippen molar-refractivity contribution in [1.29, 1.82) is 0 Å². The van der Waals surface area contributed by atoms with Gasteiger partial charge in [0, 0.05) is 13.0 Å². The van der Waals surface area contributed by atoms with Gasteiger partial charge in [-0.1, -0.05) is 6.92 Å². The molecule has 1 aliphatic carbocycles. The molecule has 0 bridgehead atoms. The van der Waals surface area contributed by atoms with Crippen LogP contribution in [0.4, 0.5) is 0 Å². The van der Waals surface area contributed by atoms with E-state index in [9.17, 15) is 4.79 Å². The van der Waals surface area contributed by atoms with Gasteiger partial charge >= 0.3 is 5.97 Å². The maximum atomic E-state index is 12.1. The van der Waals surface area contributed by atoms with Crippen molar-refractivity contribution in [2.75, 3.05) is 19.8 Å². The SMILES string of the molecule is CCCNC(C)(CC(C)OCC1CC1)C(=O)OCC. The van der Waals surface area contributed by atoms with E-state index in [1.807, 2.05) is 20.8 Å². The van der Waals surface area contributed by atoms with Crippen molar-refractivity contribution in [3.63, 3.8) is 0 Å². The van der Waals surface area contributed by atoms with Gasteiger partial charge in [0.25, 0.3) is 0 Å². The molecule has 2 atom stereocenters. The minimum absolute atomic E-state index is 0.0689. The molecule has 1 rings (SSSR count). The number of esters is 1. The third kappa shape index (κ3) is 5.91. The Kier molecular flexibility index (Phi) is 6.80. The van der Waals surface area contributed by atoms with Crippen molar-refractivity contribution < 1.29 is 14.3 Å². The van der Waals surface area contributed by atoms with Crippen LogP contribution in [0.15, 0.2) is 0 Å². The van der Waals surface area contributed by atoms with Crippen LogP contribution >= 0.6 is 0 Å². The largest absolute Gasteiger partial charge is 0.465 e. The van der Waals surface area contributed by atoms with Crippen molar-refractivity contribution in [2.24, 2.45) is 5.92 Å². The van der Waals surface area contributed by atoms with Gasteiger partial charge in [-0.05, 0) is 52.5 Å². The fraction of sp³-hybridized carbons (Fsp3) is 0.933. The lowest BCUT2D eigenvalue weighted by Crippen LogP contribution is -2.52. The Morgan fingerprint density at radius 3 is 2.63 bits per heavy atom. The highest BCUT2D eigenvalue weighted by Gasteiger charge is 2.36. The highest BCUT2D eigenvalue weighted by atomic mass is 16.5. The number of ether oxygens (including phenoxy) is 2. The highest BCUT2D eigenvalue weighted by molar-refractivity contribution is 5.80. The van der Waals surface area contributed by atoms with Crippen molar-refractivity contribution in [3.05, 3.63) is 0 Å². The lowest BCUT2D eigenvalue weighted by molar-refractivity contribution is -0.152. The summed E-state index contributed by atoms with van der Waals surface area (Å²) in [5.41, 5.74) is -0.644. The van der Waals surface area contributed by atoms with Gasteiger partial charge in [0.2, 0.25) is 0 Å². The van der Waals surface area contributed by atoms with E-state index in [0.717, 1.165) is 25.5 Å². The Bertz CT molecular complexity index is 279. The van der Waals surface area contributed by atoms with Crippen LogP contribution in [0.3, 0.4) is 0 Å². The average Bonchev–Trinajstić information content (AvgIpc) is 3.18. The van der Waals surface area contributed by atoms with Gasteiger partial charge in [0.1, 0.15) is 5.54 Å². The van der Waals surface area contributed by atoms with E-state index in [-0.39, 0.29) is 12.1 Å². The maximum absolute atomic E-state index is 12.1. The molecule has 112 valence electrons. The Morgan fingerprint density at radius 1 is 1.42 bits per heavy atom. The molecule has 4 nitrogen and oxygen atoms in total. The summed E-state index contributed by atoms with van der Waals surface area (Å²) in [5.74, 6) is 0.574. The van der Waals surface area contributed by atoms with E-state index in [1.54, 1.807) is 0 Å². The Hall–Kier alpha value is -0.610. The molecule has 0 heterocycles. The molecule has 4 heteroatoms. The quantitative estimate of drug-likeness (QED) is 0.620. The van der Waals surface area contributed by atoms with Crippen LogP contribution in [0, 0.1) is 5.92 Å². The van der Waals surface area contributed by atoms with Crippen LogP contribution in [0.25, 0.3) is 0 Å². The first-order chi connectivity index (χ1) is 9.01. The van der Waals surface area contributed by atoms with E-state index in [2.05, 4.69) is 12.2 Å². The summed E-state index contributed by atoms with van der Waals surface area (Å²) in [5, 5.41) is 3.31. The van der Waals surface area contributed by atoms with Crippen molar-refractivity contribution in [3.8, 4) is 0 Å². The lowest BCUT2D eigenvalue weighted by atomic mass is 9.94. The molecule has 0 aromatic rings. The minimum atomic E-state index is -0.644. The van der Waals surface area contributed by atoms with Gasteiger partial charge in [-0.3, -0.25) is 4.79 Å². The molecular weight excluding hydrogens is 242 g/mol. The Balaban J connectivity index is 2.47. The van der Waals surface area contributed by atoms with Crippen molar-refractivity contribution >= 4 is 5.97 Å². The molecule has 2 unspecified atom stereocenters. The van der Waals surface area contributed by atoms with Crippen LogP contribution in [-0.4, -0.2) is 37.4 Å². The van der Waals surface area contributed by atoms with Gasteiger partial charge in [-0.25, -0.2) is 0 Å². The molecule has 0 saturated heterocycles. The Labute approximate surface area is 117 Å². The van der Waals surface area contributed by atoms with Gasteiger partial charge in [0.05, 0.1) is 12.7 Å². The summed E-state index contributed by atoms with van der Waals surface area (Å²) >= 11 is 0. The second kappa shape index (κ2) is 7.85. The van der Waals surface area contributed by atoms with E-state index in [4.69, 9.17) is 9.47 Å². The second-order valence-electron chi connectivity index (χ2n) is 5.77. The van der Waals surface area contributed by atoms with E-state index in [1.165, 1.54) is 12.8 Å². The zero-order valence-corrected chi connectivity index (χ0v) is 12.8.